The predicted octanol–water partition coefficient (Wildman–Crippen LogP) is 4.85. The van der Waals surface area contributed by atoms with Crippen molar-refractivity contribution in [3.63, 3.8) is 0 Å². The number of benzene rings is 2. The molecule has 0 atom stereocenters. The van der Waals surface area contributed by atoms with E-state index in [1.165, 1.54) is 17.0 Å². The lowest BCUT2D eigenvalue weighted by atomic mass is 9.97. The van der Waals surface area contributed by atoms with Gasteiger partial charge in [-0.2, -0.15) is 18.3 Å². The fourth-order valence-corrected chi connectivity index (χ4v) is 4.88. The zero-order valence-corrected chi connectivity index (χ0v) is 20.8. The maximum absolute atomic E-state index is 13.8. The summed E-state index contributed by atoms with van der Waals surface area (Å²) in [7, 11) is 1.57. The van der Waals surface area contributed by atoms with Gasteiger partial charge >= 0.3 is 12.1 Å². The van der Waals surface area contributed by atoms with E-state index in [0.29, 0.717) is 17.2 Å². The lowest BCUT2D eigenvalue weighted by Crippen LogP contribution is -2.37. The van der Waals surface area contributed by atoms with Crippen LogP contribution >= 0.6 is 11.6 Å². The first-order valence-corrected chi connectivity index (χ1v) is 12.0. The van der Waals surface area contributed by atoms with Crippen LogP contribution in [0.15, 0.2) is 42.5 Å². The molecular formula is C25H22ClF3N4O5. The first-order valence-electron chi connectivity index (χ1n) is 11.7. The molecule has 0 saturated carbocycles. The summed E-state index contributed by atoms with van der Waals surface area (Å²) >= 11 is 6.22. The molecule has 1 N–H and O–H groups in total. The Morgan fingerprint density at radius 3 is 2.50 bits per heavy atom. The Labute approximate surface area is 219 Å². The first kappa shape index (κ1) is 25.7. The summed E-state index contributed by atoms with van der Waals surface area (Å²) in [6.45, 7) is 0.456. The summed E-state index contributed by atoms with van der Waals surface area (Å²) in [6, 6.07) is 11.1. The average Bonchev–Trinajstić information content (AvgIpc) is 3.51. The van der Waals surface area contributed by atoms with E-state index in [2.05, 4.69) is 5.10 Å². The number of carboxylic acid groups (broad SMARTS) is 1. The van der Waals surface area contributed by atoms with E-state index in [1.807, 2.05) is 0 Å². The SMILES string of the molecule is CN(C(=O)c1cccc(-n2nc(C(F)(F)F)c(Cl)c2N2CCC(C(=O)O)CC2)c1)c1ccc2c(c1)OCO2. The molecule has 2 aliphatic rings. The number of aliphatic carboxylic acids is 1. The highest BCUT2D eigenvalue weighted by atomic mass is 35.5. The number of amides is 1. The van der Waals surface area contributed by atoms with Gasteiger partial charge in [0.25, 0.3) is 5.91 Å². The number of carbonyl (C=O) groups excluding carboxylic acids is 1. The number of alkyl halides is 3. The van der Waals surface area contributed by atoms with E-state index in [9.17, 15) is 27.9 Å². The van der Waals surface area contributed by atoms with Crippen molar-refractivity contribution < 1.29 is 37.3 Å². The van der Waals surface area contributed by atoms with Crippen molar-refractivity contribution in [1.29, 1.82) is 0 Å². The van der Waals surface area contributed by atoms with Crippen LogP contribution in [-0.2, 0) is 11.0 Å². The quantitative estimate of drug-likeness (QED) is 0.485. The van der Waals surface area contributed by atoms with Gasteiger partial charge in [0.15, 0.2) is 23.0 Å². The van der Waals surface area contributed by atoms with Gasteiger partial charge < -0.3 is 24.4 Å². The largest absolute Gasteiger partial charge is 0.481 e. The van der Waals surface area contributed by atoms with Crippen molar-refractivity contribution in [2.45, 2.75) is 19.0 Å². The second-order valence-corrected chi connectivity index (χ2v) is 9.33. The molecule has 13 heteroatoms. The van der Waals surface area contributed by atoms with Crippen molar-refractivity contribution in [1.82, 2.24) is 9.78 Å². The Hall–Kier alpha value is -3.93. The number of carbonyl (C=O) groups is 2. The maximum atomic E-state index is 13.8. The fraction of sp³-hybridized carbons (Fsp3) is 0.320. The Morgan fingerprint density at radius 2 is 1.82 bits per heavy atom. The second kappa shape index (κ2) is 9.75. The molecule has 0 spiro atoms. The number of ether oxygens (including phenoxy) is 2. The van der Waals surface area contributed by atoms with Crippen LogP contribution in [0.1, 0.15) is 28.9 Å². The van der Waals surface area contributed by atoms with Crippen LogP contribution in [0.5, 0.6) is 11.5 Å². The van der Waals surface area contributed by atoms with Crippen LogP contribution in [0.25, 0.3) is 5.69 Å². The third kappa shape index (κ3) is 4.71. The molecule has 0 aliphatic carbocycles. The molecule has 5 rings (SSSR count). The highest BCUT2D eigenvalue weighted by Crippen LogP contribution is 2.42. The van der Waals surface area contributed by atoms with E-state index in [0.717, 1.165) is 4.68 Å². The molecule has 200 valence electrons. The topological polar surface area (TPSA) is 97.1 Å². The minimum atomic E-state index is -4.82. The third-order valence-corrected chi connectivity index (χ3v) is 6.95. The van der Waals surface area contributed by atoms with E-state index < -0.39 is 34.7 Å². The number of nitrogens with zero attached hydrogens (tertiary/aromatic N) is 4. The minimum absolute atomic E-state index is 0.00319. The van der Waals surface area contributed by atoms with Gasteiger partial charge in [-0.25, -0.2) is 4.68 Å². The number of anilines is 2. The molecule has 2 aliphatic heterocycles. The number of aromatic nitrogens is 2. The number of piperidine rings is 1. The second-order valence-electron chi connectivity index (χ2n) is 8.95. The van der Waals surface area contributed by atoms with E-state index in [-0.39, 0.29) is 49.8 Å². The molecule has 3 heterocycles. The highest BCUT2D eigenvalue weighted by Gasteiger charge is 2.41. The molecule has 1 aromatic heterocycles. The van der Waals surface area contributed by atoms with Gasteiger partial charge in [-0.1, -0.05) is 17.7 Å². The standard InChI is InChI=1S/C25H22ClF3N4O5/c1-31(16-5-6-18-19(12-16)38-13-37-18)23(34)15-3-2-4-17(11-15)33-22(20(26)21(30-33)25(27,28)29)32-9-7-14(8-10-32)24(35)36/h2-6,11-12,14H,7-10,13H2,1H3,(H,35,36). The molecule has 1 amide bonds. The lowest BCUT2D eigenvalue weighted by molar-refractivity contribution is -0.142. The van der Waals surface area contributed by atoms with Gasteiger partial charge in [-0.15, -0.1) is 0 Å². The van der Waals surface area contributed by atoms with Crippen molar-refractivity contribution in [2.24, 2.45) is 5.92 Å². The molecule has 9 nitrogen and oxygen atoms in total. The summed E-state index contributed by atoms with van der Waals surface area (Å²) in [5, 5.41) is 12.5. The van der Waals surface area contributed by atoms with Crippen LogP contribution in [0.4, 0.5) is 24.7 Å². The van der Waals surface area contributed by atoms with Gasteiger partial charge in [-0.3, -0.25) is 9.59 Å². The first-order chi connectivity index (χ1) is 18.0. The maximum Gasteiger partial charge on any atom is 0.436 e. The van der Waals surface area contributed by atoms with Crippen LogP contribution in [0.2, 0.25) is 5.02 Å². The highest BCUT2D eigenvalue weighted by molar-refractivity contribution is 6.33. The molecule has 1 saturated heterocycles. The summed E-state index contributed by atoms with van der Waals surface area (Å²) in [5.41, 5.74) is -0.321. The van der Waals surface area contributed by atoms with Gasteiger partial charge in [0.2, 0.25) is 6.79 Å². The summed E-state index contributed by atoms with van der Waals surface area (Å²) in [6.07, 6.45) is -4.32. The van der Waals surface area contributed by atoms with Gasteiger partial charge in [0.05, 0.1) is 11.6 Å². The number of hydrogen-bond donors (Lipinski definition) is 1. The van der Waals surface area contributed by atoms with Gasteiger partial charge in [0, 0.05) is 37.5 Å². The average molecular weight is 551 g/mol. The number of fused-ring (bicyclic) bond motifs is 1. The molecule has 0 bridgehead atoms. The monoisotopic (exact) mass is 550 g/mol. The van der Waals surface area contributed by atoms with Crippen LogP contribution in [-0.4, -0.2) is 53.7 Å². The number of carboxylic acids is 1. The third-order valence-electron chi connectivity index (χ3n) is 6.60. The molecule has 2 aromatic carbocycles. The zero-order chi connectivity index (χ0) is 27.2. The van der Waals surface area contributed by atoms with Crippen LogP contribution in [0.3, 0.4) is 0 Å². The van der Waals surface area contributed by atoms with E-state index >= 15 is 0 Å². The van der Waals surface area contributed by atoms with Crippen LogP contribution < -0.4 is 19.3 Å². The Balaban J connectivity index is 1.49. The van der Waals surface area contributed by atoms with E-state index in [4.69, 9.17) is 21.1 Å². The molecule has 0 unspecified atom stereocenters. The normalized spacial score (nSPS) is 15.6. The molecular weight excluding hydrogens is 529 g/mol. The molecule has 38 heavy (non-hydrogen) atoms. The Morgan fingerprint density at radius 1 is 1.11 bits per heavy atom. The van der Waals surface area contributed by atoms with Crippen LogP contribution in [0, 0.1) is 5.92 Å². The van der Waals surface area contributed by atoms with Crippen molar-refractivity contribution in [2.75, 3.05) is 36.7 Å². The van der Waals surface area contributed by atoms with E-state index in [1.54, 1.807) is 42.3 Å². The van der Waals surface area contributed by atoms with Crippen molar-refractivity contribution >= 4 is 35.0 Å². The zero-order valence-electron chi connectivity index (χ0n) is 20.0. The van der Waals surface area contributed by atoms with Gasteiger partial charge in [-0.05, 0) is 43.2 Å². The molecule has 3 aromatic rings. The molecule has 0 radical (unpaired) electrons. The van der Waals surface area contributed by atoms with Gasteiger partial charge in [0.1, 0.15) is 5.02 Å². The Bertz CT molecular complexity index is 1400. The smallest absolute Gasteiger partial charge is 0.436 e. The molecule has 1 fully saturated rings. The fourth-order valence-electron chi connectivity index (χ4n) is 4.54. The Kier molecular flexibility index (Phi) is 6.59. The summed E-state index contributed by atoms with van der Waals surface area (Å²) in [4.78, 5) is 27.6. The number of halogens is 4. The lowest BCUT2D eigenvalue weighted by Gasteiger charge is -2.32. The summed E-state index contributed by atoms with van der Waals surface area (Å²) in [5.74, 6) is -0.889. The minimum Gasteiger partial charge on any atom is -0.481 e. The predicted molar refractivity (Wildman–Crippen MR) is 131 cm³/mol. The van der Waals surface area contributed by atoms with Crippen molar-refractivity contribution in [3.8, 4) is 17.2 Å². The number of hydrogen-bond acceptors (Lipinski definition) is 6. The summed E-state index contributed by atoms with van der Waals surface area (Å²) < 4.78 is 53.0. The van der Waals surface area contributed by atoms with Crippen molar-refractivity contribution in [3.05, 3.63) is 58.7 Å². The number of rotatable bonds is 5.